The molecule has 0 N–H and O–H groups in total. The maximum absolute atomic E-state index is 11.9. The van der Waals surface area contributed by atoms with Gasteiger partial charge >= 0.3 is 0 Å². The third kappa shape index (κ3) is 1.19. The van der Waals surface area contributed by atoms with Gasteiger partial charge in [-0.1, -0.05) is 0 Å². The maximum atomic E-state index is 11.9. The van der Waals surface area contributed by atoms with Gasteiger partial charge in [-0.05, 0) is 6.42 Å². The van der Waals surface area contributed by atoms with Crippen LogP contribution in [0.3, 0.4) is 0 Å². The molecule has 0 aromatic heterocycles. The lowest BCUT2D eigenvalue weighted by Gasteiger charge is -2.15. The average molecular weight is 199 g/mol. The zero-order valence-corrected chi connectivity index (χ0v) is 8.26. The molecule has 4 heteroatoms. The highest BCUT2D eigenvalue weighted by molar-refractivity contribution is 7.99. The highest BCUT2D eigenvalue weighted by Gasteiger charge is 2.59. The Morgan fingerprint density at radius 2 is 2.46 bits per heavy atom. The van der Waals surface area contributed by atoms with Gasteiger partial charge in [0.1, 0.15) is 0 Å². The molecule has 2 aliphatic heterocycles. The summed E-state index contributed by atoms with van der Waals surface area (Å²) >= 11 is 1.85. The average Bonchev–Trinajstić information content (AvgIpc) is 2.68. The number of hydrogen-bond acceptors (Lipinski definition) is 3. The van der Waals surface area contributed by atoms with E-state index in [-0.39, 0.29) is 12.0 Å². The summed E-state index contributed by atoms with van der Waals surface area (Å²) in [6.07, 6.45) is 1.39. The number of hydrogen-bond donors (Lipinski definition) is 0. The number of rotatable bonds is 1. The predicted molar refractivity (Wildman–Crippen MR) is 50.4 cm³/mol. The summed E-state index contributed by atoms with van der Waals surface area (Å²) in [4.78, 5) is 13.8. The summed E-state index contributed by atoms with van der Waals surface area (Å²) in [6, 6.07) is 0. The van der Waals surface area contributed by atoms with Crippen LogP contribution in [-0.2, 0) is 9.53 Å². The molecule has 72 valence electrons. The Hall–Kier alpha value is -0.220. The summed E-state index contributed by atoms with van der Waals surface area (Å²) in [5.41, 5.74) is 0. The van der Waals surface area contributed by atoms with Gasteiger partial charge in [0.15, 0.2) is 0 Å². The fourth-order valence-electron chi connectivity index (χ4n) is 2.38. The molecule has 3 unspecified atom stereocenters. The molecule has 1 amide bonds. The van der Waals surface area contributed by atoms with Crippen molar-refractivity contribution >= 4 is 17.7 Å². The molecule has 0 aromatic carbocycles. The fraction of sp³-hybridized carbons (Fsp3) is 0.889. The Morgan fingerprint density at radius 1 is 1.54 bits per heavy atom. The fourth-order valence-corrected chi connectivity index (χ4v) is 3.33. The molecule has 3 fully saturated rings. The van der Waals surface area contributed by atoms with Gasteiger partial charge in [0, 0.05) is 24.8 Å². The zero-order chi connectivity index (χ0) is 8.84. The van der Waals surface area contributed by atoms with Crippen LogP contribution in [0, 0.1) is 11.8 Å². The highest BCUT2D eigenvalue weighted by atomic mass is 32.2. The van der Waals surface area contributed by atoms with E-state index in [1.54, 1.807) is 0 Å². The first-order valence-corrected chi connectivity index (χ1v) is 6.01. The molecular weight excluding hydrogens is 186 g/mol. The van der Waals surface area contributed by atoms with Gasteiger partial charge in [-0.15, -0.1) is 11.8 Å². The van der Waals surface area contributed by atoms with Crippen LogP contribution >= 0.6 is 11.8 Å². The molecule has 0 radical (unpaired) electrons. The van der Waals surface area contributed by atoms with Crippen LogP contribution in [-0.4, -0.2) is 41.7 Å². The van der Waals surface area contributed by atoms with Crippen molar-refractivity contribution in [1.82, 2.24) is 4.90 Å². The van der Waals surface area contributed by atoms with E-state index in [0.29, 0.717) is 11.8 Å². The van der Waals surface area contributed by atoms with Crippen molar-refractivity contribution in [3.8, 4) is 0 Å². The number of carbonyl (C=O) groups is 1. The first-order chi connectivity index (χ1) is 6.38. The Balaban J connectivity index is 1.63. The van der Waals surface area contributed by atoms with Crippen LogP contribution in [0.1, 0.15) is 6.42 Å². The normalized spacial score (nSPS) is 42.2. The molecular formula is C9H13NO2S. The Bertz CT molecular complexity index is 230. The molecule has 3 atom stereocenters. The number of carbonyl (C=O) groups excluding carboxylic acids is 1. The zero-order valence-electron chi connectivity index (χ0n) is 7.44. The van der Waals surface area contributed by atoms with Crippen LogP contribution in [0.2, 0.25) is 0 Å². The lowest BCUT2D eigenvalue weighted by Crippen LogP contribution is -2.31. The van der Waals surface area contributed by atoms with Gasteiger partial charge in [0.05, 0.1) is 17.9 Å². The number of nitrogens with zero attached hydrogens (tertiary/aromatic N) is 1. The topological polar surface area (TPSA) is 29.5 Å². The van der Waals surface area contributed by atoms with E-state index in [0.717, 1.165) is 31.2 Å². The molecule has 0 bridgehead atoms. The molecule has 0 spiro atoms. The molecule has 3 aliphatic rings. The third-order valence-electron chi connectivity index (χ3n) is 3.21. The van der Waals surface area contributed by atoms with Crippen molar-refractivity contribution in [3.63, 3.8) is 0 Å². The van der Waals surface area contributed by atoms with Crippen molar-refractivity contribution in [2.75, 3.05) is 24.8 Å². The number of thioether (sulfide) groups is 1. The van der Waals surface area contributed by atoms with Crippen LogP contribution in [0.25, 0.3) is 0 Å². The molecule has 1 aliphatic carbocycles. The minimum Gasteiger partial charge on any atom is -0.377 e. The molecule has 2 heterocycles. The SMILES string of the molecule is O=C(C1C2CCOC21)N1CCSC1. The minimum atomic E-state index is 0.229. The van der Waals surface area contributed by atoms with E-state index < -0.39 is 0 Å². The van der Waals surface area contributed by atoms with E-state index in [9.17, 15) is 4.79 Å². The second-order valence-corrected chi connectivity index (χ2v) is 5.03. The number of ether oxygens (including phenoxy) is 1. The van der Waals surface area contributed by atoms with E-state index in [2.05, 4.69) is 0 Å². The van der Waals surface area contributed by atoms with Crippen molar-refractivity contribution in [1.29, 1.82) is 0 Å². The summed E-state index contributed by atoms with van der Waals surface area (Å²) < 4.78 is 5.47. The molecule has 2 saturated heterocycles. The van der Waals surface area contributed by atoms with Gasteiger partial charge in [-0.3, -0.25) is 4.79 Å². The van der Waals surface area contributed by atoms with Gasteiger partial charge < -0.3 is 9.64 Å². The van der Waals surface area contributed by atoms with E-state index in [1.165, 1.54) is 0 Å². The Kier molecular flexibility index (Phi) is 1.80. The third-order valence-corrected chi connectivity index (χ3v) is 4.17. The number of fused-ring (bicyclic) bond motifs is 1. The summed E-state index contributed by atoms with van der Waals surface area (Å²) in [7, 11) is 0. The Morgan fingerprint density at radius 3 is 3.08 bits per heavy atom. The lowest BCUT2D eigenvalue weighted by atomic mass is 10.2. The molecule has 1 saturated carbocycles. The standard InChI is InChI=1S/C9H13NO2S/c11-9(10-2-4-13-5-10)7-6-1-3-12-8(6)7/h6-8H,1-5H2. The van der Waals surface area contributed by atoms with Gasteiger partial charge in [-0.2, -0.15) is 0 Å². The van der Waals surface area contributed by atoms with Gasteiger partial charge in [0.2, 0.25) is 5.91 Å². The first-order valence-electron chi connectivity index (χ1n) is 4.86. The van der Waals surface area contributed by atoms with Crippen LogP contribution < -0.4 is 0 Å². The molecule has 13 heavy (non-hydrogen) atoms. The van der Waals surface area contributed by atoms with Crippen LogP contribution in [0.5, 0.6) is 0 Å². The van der Waals surface area contributed by atoms with Crippen molar-refractivity contribution in [3.05, 3.63) is 0 Å². The minimum absolute atomic E-state index is 0.229. The first kappa shape index (κ1) is 8.12. The summed E-state index contributed by atoms with van der Waals surface area (Å²) in [6.45, 7) is 1.81. The quantitative estimate of drug-likeness (QED) is 0.618. The monoisotopic (exact) mass is 199 g/mol. The van der Waals surface area contributed by atoms with E-state index in [4.69, 9.17) is 4.74 Å². The van der Waals surface area contributed by atoms with E-state index >= 15 is 0 Å². The molecule has 0 aromatic rings. The smallest absolute Gasteiger partial charge is 0.229 e. The number of amides is 1. The molecule has 3 rings (SSSR count). The van der Waals surface area contributed by atoms with Gasteiger partial charge in [0.25, 0.3) is 0 Å². The van der Waals surface area contributed by atoms with Crippen molar-refractivity contribution in [2.24, 2.45) is 11.8 Å². The van der Waals surface area contributed by atoms with Gasteiger partial charge in [-0.25, -0.2) is 0 Å². The van der Waals surface area contributed by atoms with Crippen LogP contribution in [0.4, 0.5) is 0 Å². The Labute approximate surface area is 81.8 Å². The second-order valence-electron chi connectivity index (χ2n) is 3.95. The van der Waals surface area contributed by atoms with E-state index in [1.807, 2.05) is 16.7 Å². The largest absolute Gasteiger partial charge is 0.377 e. The van der Waals surface area contributed by atoms with Crippen molar-refractivity contribution in [2.45, 2.75) is 12.5 Å². The maximum Gasteiger partial charge on any atom is 0.229 e. The summed E-state index contributed by atoms with van der Waals surface area (Å²) in [5, 5.41) is 0. The summed E-state index contributed by atoms with van der Waals surface area (Å²) in [5.74, 6) is 3.15. The lowest BCUT2D eigenvalue weighted by molar-refractivity contribution is -0.132. The molecule has 3 nitrogen and oxygen atoms in total. The predicted octanol–water partition coefficient (Wildman–Crippen LogP) is 0.554. The second kappa shape index (κ2) is 2.89. The van der Waals surface area contributed by atoms with Crippen molar-refractivity contribution < 1.29 is 9.53 Å². The highest BCUT2D eigenvalue weighted by Crippen LogP contribution is 2.50. The van der Waals surface area contributed by atoms with Crippen LogP contribution in [0.15, 0.2) is 0 Å².